The maximum absolute atomic E-state index is 9.13. The van der Waals surface area contributed by atoms with Crippen LogP contribution in [0.5, 0.6) is 0 Å². The maximum atomic E-state index is 9.13. The van der Waals surface area contributed by atoms with Crippen molar-refractivity contribution in [3.8, 4) is 6.07 Å². The fraction of sp³-hybridized carbons (Fsp3) is 0.231. The molecule has 1 aromatic carbocycles. The van der Waals surface area contributed by atoms with E-state index in [4.69, 9.17) is 11.0 Å². The Hall–Kier alpha value is -2.12. The van der Waals surface area contributed by atoms with E-state index in [1.54, 1.807) is 6.07 Å². The molecule has 1 aliphatic carbocycles. The molecule has 2 aromatic rings. The normalized spacial score (nSPS) is 22.1. The molecule has 0 radical (unpaired) electrons. The monoisotopic (exact) mass is 224 g/mol. The Kier molecular flexibility index (Phi) is 2.20. The fourth-order valence-corrected chi connectivity index (χ4v) is 1.91. The second-order valence-electron chi connectivity index (χ2n) is 4.33. The van der Waals surface area contributed by atoms with Crippen LogP contribution in [0.4, 0.5) is 5.82 Å². The summed E-state index contributed by atoms with van der Waals surface area (Å²) in [5, 5.41) is 13.3. The van der Waals surface area contributed by atoms with Crippen molar-refractivity contribution in [1.29, 1.82) is 5.26 Å². The summed E-state index contributed by atoms with van der Waals surface area (Å²) in [5.74, 6) is 0.734. The first-order valence-electron chi connectivity index (χ1n) is 5.60. The first kappa shape index (κ1) is 10.1. The first-order valence-corrected chi connectivity index (χ1v) is 5.60. The molecule has 4 heteroatoms. The van der Waals surface area contributed by atoms with Gasteiger partial charge in [0.05, 0.1) is 17.1 Å². The molecule has 2 atom stereocenters. The number of nitrogens with one attached hydrogen (secondary N) is 1. The Morgan fingerprint density at radius 1 is 1.41 bits per heavy atom. The Bertz CT molecular complexity index is 614. The second-order valence-corrected chi connectivity index (χ2v) is 4.33. The number of rotatable bonds is 2. The van der Waals surface area contributed by atoms with Gasteiger partial charge in [0.1, 0.15) is 5.82 Å². The molecule has 1 heterocycles. The number of fused-ring (bicyclic) bond motifs is 1. The molecule has 3 rings (SSSR count). The Morgan fingerprint density at radius 3 is 2.88 bits per heavy atom. The van der Waals surface area contributed by atoms with Gasteiger partial charge in [0.15, 0.2) is 0 Å². The molecule has 0 bridgehead atoms. The third kappa shape index (κ3) is 1.81. The predicted octanol–water partition coefficient (Wildman–Crippen LogP) is 1.62. The van der Waals surface area contributed by atoms with Gasteiger partial charge in [-0.3, -0.25) is 0 Å². The first-order chi connectivity index (χ1) is 8.28. The Morgan fingerprint density at radius 2 is 2.18 bits per heavy atom. The topological polar surface area (TPSA) is 74.7 Å². The highest BCUT2D eigenvalue weighted by Gasteiger charge is 2.33. The summed E-state index contributed by atoms with van der Waals surface area (Å²) in [7, 11) is 0. The van der Waals surface area contributed by atoms with Gasteiger partial charge < -0.3 is 11.1 Å². The molecule has 4 nitrogen and oxygen atoms in total. The van der Waals surface area contributed by atoms with Gasteiger partial charge in [-0.25, -0.2) is 4.98 Å². The van der Waals surface area contributed by atoms with Gasteiger partial charge in [0.25, 0.3) is 0 Å². The van der Waals surface area contributed by atoms with E-state index in [1.807, 2.05) is 24.3 Å². The molecule has 0 aliphatic heterocycles. The number of aromatic nitrogens is 1. The number of anilines is 1. The molecule has 0 spiro atoms. The zero-order valence-corrected chi connectivity index (χ0v) is 9.22. The van der Waals surface area contributed by atoms with Crippen LogP contribution in [0.1, 0.15) is 12.0 Å². The van der Waals surface area contributed by atoms with Crippen LogP contribution < -0.4 is 11.1 Å². The van der Waals surface area contributed by atoms with Crippen LogP contribution in [0.3, 0.4) is 0 Å². The van der Waals surface area contributed by atoms with Gasteiger partial charge in [0, 0.05) is 17.5 Å². The standard InChI is InChI=1S/C13H12N4/c14-7-8-5-13(17-12-6-10(12)15)16-11-4-2-1-3-9(8)11/h1-5,10,12H,6,15H2,(H,16,17). The fourth-order valence-electron chi connectivity index (χ4n) is 1.91. The number of hydrogen-bond acceptors (Lipinski definition) is 4. The average molecular weight is 224 g/mol. The van der Waals surface area contributed by atoms with Crippen LogP contribution in [0.25, 0.3) is 10.9 Å². The van der Waals surface area contributed by atoms with Crippen LogP contribution in [0, 0.1) is 11.3 Å². The van der Waals surface area contributed by atoms with Crippen LogP contribution in [-0.2, 0) is 0 Å². The van der Waals surface area contributed by atoms with Gasteiger partial charge in [-0.05, 0) is 18.6 Å². The number of benzene rings is 1. The number of hydrogen-bond donors (Lipinski definition) is 2. The van der Waals surface area contributed by atoms with Gasteiger partial charge in [0.2, 0.25) is 0 Å². The van der Waals surface area contributed by atoms with E-state index in [-0.39, 0.29) is 6.04 Å². The summed E-state index contributed by atoms with van der Waals surface area (Å²) < 4.78 is 0. The zero-order valence-electron chi connectivity index (χ0n) is 9.22. The van der Waals surface area contributed by atoms with Crippen molar-refractivity contribution < 1.29 is 0 Å². The van der Waals surface area contributed by atoms with E-state index in [0.717, 1.165) is 23.1 Å². The molecular weight excluding hydrogens is 212 g/mol. The quantitative estimate of drug-likeness (QED) is 0.812. The largest absolute Gasteiger partial charge is 0.366 e. The zero-order chi connectivity index (χ0) is 11.8. The van der Waals surface area contributed by atoms with Gasteiger partial charge in [-0.2, -0.15) is 5.26 Å². The molecule has 1 aliphatic rings. The molecular formula is C13H12N4. The minimum Gasteiger partial charge on any atom is -0.366 e. The molecule has 0 saturated heterocycles. The van der Waals surface area contributed by atoms with Crippen molar-refractivity contribution in [2.45, 2.75) is 18.5 Å². The van der Waals surface area contributed by atoms with E-state index < -0.39 is 0 Å². The molecule has 84 valence electrons. The van der Waals surface area contributed by atoms with Gasteiger partial charge in [-0.1, -0.05) is 18.2 Å². The second kappa shape index (κ2) is 3.72. The van der Waals surface area contributed by atoms with E-state index in [9.17, 15) is 0 Å². The lowest BCUT2D eigenvalue weighted by molar-refractivity contribution is 0.999. The Balaban J connectivity index is 2.06. The van der Waals surface area contributed by atoms with Crippen molar-refractivity contribution in [3.05, 3.63) is 35.9 Å². The van der Waals surface area contributed by atoms with E-state index in [1.165, 1.54) is 0 Å². The van der Waals surface area contributed by atoms with Crippen LogP contribution in [0.15, 0.2) is 30.3 Å². The van der Waals surface area contributed by atoms with Gasteiger partial charge >= 0.3 is 0 Å². The minimum atomic E-state index is 0.216. The summed E-state index contributed by atoms with van der Waals surface area (Å²) in [6.45, 7) is 0. The molecule has 17 heavy (non-hydrogen) atoms. The summed E-state index contributed by atoms with van der Waals surface area (Å²) in [6.07, 6.45) is 0.969. The third-order valence-corrected chi connectivity index (χ3v) is 3.01. The van der Waals surface area contributed by atoms with E-state index in [2.05, 4.69) is 16.4 Å². The molecule has 1 aromatic heterocycles. The highest BCUT2D eigenvalue weighted by Crippen LogP contribution is 2.25. The molecule has 0 amide bonds. The summed E-state index contributed by atoms with van der Waals surface area (Å²) >= 11 is 0. The smallest absolute Gasteiger partial charge is 0.128 e. The highest BCUT2D eigenvalue weighted by atomic mass is 15.1. The lowest BCUT2D eigenvalue weighted by atomic mass is 10.1. The lowest BCUT2D eigenvalue weighted by Gasteiger charge is -2.06. The average Bonchev–Trinajstić information content (AvgIpc) is 3.03. The number of nitrogens with two attached hydrogens (primary N) is 1. The molecule has 2 unspecified atom stereocenters. The van der Waals surface area contributed by atoms with E-state index in [0.29, 0.717) is 11.6 Å². The maximum Gasteiger partial charge on any atom is 0.128 e. The number of nitriles is 1. The van der Waals surface area contributed by atoms with Crippen molar-refractivity contribution >= 4 is 16.7 Å². The van der Waals surface area contributed by atoms with Crippen LogP contribution >= 0.6 is 0 Å². The van der Waals surface area contributed by atoms with Crippen molar-refractivity contribution in [2.24, 2.45) is 5.73 Å². The molecule has 1 fully saturated rings. The number of para-hydroxylation sites is 1. The lowest BCUT2D eigenvalue weighted by Crippen LogP contribution is -2.14. The minimum absolute atomic E-state index is 0.216. The highest BCUT2D eigenvalue weighted by molar-refractivity contribution is 5.86. The number of nitrogens with zero attached hydrogens (tertiary/aromatic N) is 2. The van der Waals surface area contributed by atoms with Crippen molar-refractivity contribution in [1.82, 2.24) is 4.98 Å². The molecule has 1 saturated carbocycles. The third-order valence-electron chi connectivity index (χ3n) is 3.01. The van der Waals surface area contributed by atoms with Crippen molar-refractivity contribution in [3.63, 3.8) is 0 Å². The van der Waals surface area contributed by atoms with Crippen LogP contribution in [0.2, 0.25) is 0 Å². The SMILES string of the molecule is N#Cc1cc(NC2CC2N)nc2ccccc12. The molecule has 3 N–H and O–H groups in total. The van der Waals surface area contributed by atoms with Gasteiger partial charge in [-0.15, -0.1) is 0 Å². The summed E-state index contributed by atoms with van der Waals surface area (Å²) in [4.78, 5) is 4.48. The summed E-state index contributed by atoms with van der Waals surface area (Å²) in [6, 6.07) is 12.2. The predicted molar refractivity (Wildman–Crippen MR) is 66.5 cm³/mol. The van der Waals surface area contributed by atoms with Crippen molar-refractivity contribution in [2.75, 3.05) is 5.32 Å². The summed E-state index contributed by atoms with van der Waals surface area (Å²) in [5.41, 5.74) is 7.22. The number of pyridine rings is 1. The van der Waals surface area contributed by atoms with E-state index >= 15 is 0 Å². The Labute approximate surface area is 99.1 Å². The van der Waals surface area contributed by atoms with Crippen LogP contribution in [-0.4, -0.2) is 17.1 Å².